The lowest BCUT2D eigenvalue weighted by Gasteiger charge is -2.23. The maximum absolute atomic E-state index is 12.9. The molecule has 1 saturated heterocycles. The number of thiophene rings is 1. The predicted molar refractivity (Wildman–Crippen MR) is 128 cm³/mol. The predicted octanol–water partition coefficient (Wildman–Crippen LogP) is 4.10. The molecule has 0 spiro atoms. The summed E-state index contributed by atoms with van der Waals surface area (Å²) >= 11 is 1.50. The van der Waals surface area contributed by atoms with Gasteiger partial charge in [0, 0.05) is 32.6 Å². The lowest BCUT2D eigenvalue weighted by atomic mass is 10.2. The van der Waals surface area contributed by atoms with Gasteiger partial charge in [-0.3, -0.25) is 4.79 Å². The molecule has 7 nitrogen and oxygen atoms in total. The first kappa shape index (κ1) is 20.6. The van der Waals surface area contributed by atoms with E-state index in [9.17, 15) is 4.79 Å². The molecule has 0 saturated carbocycles. The summed E-state index contributed by atoms with van der Waals surface area (Å²) in [5.74, 6) is 1.86. The molecule has 3 aromatic heterocycles. The first-order chi connectivity index (χ1) is 15.7. The van der Waals surface area contributed by atoms with E-state index in [0.717, 1.165) is 71.4 Å². The smallest absolute Gasteiger partial charge is 0.263 e. The lowest BCUT2D eigenvalue weighted by molar-refractivity contribution is 0.0772. The molecule has 164 valence electrons. The fourth-order valence-electron chi connectivity index (χ4n) is 4.23. The normalized spacial score (nSPS) is 14.7. The third kappa shape index (κ3) is 3.75. The minimum Gasteiger partial charge on any atom is -0.354 e. The summed E-state index contributed by atoms with van der Waals surface area (Å²) in [5, 5.41) is 7.76. The molecule has 5 rings (SSSR count). The van der Waals surface area contributed by atoms with Gasteiger partial charge in [0.2, 0.25) is 0 Å². The molecule has 1 fully saturated rings. The van der Waals surface area contributed by atoms with E-state index in [1.165, 1.54) is 11.3 Å². The van der Waals surface area contributed by atoms with E-state index in [4.69, 9.17) is 15.1 Å². The minimum atomic E-state index is 0.122. The molecule has 0 aliphatic carbocycles. The van der Waals surface area contributed by atoms with Crippen LogP contribution in [0.25, 0.3) is 16.7 Å². The number of fused-ring (bicyclic) bond motifs is 1. The molecule has 0 N–H and O–H groups in total. The Morgan fingerprint density at radius 3 is 2.62 bits per heavy atom. The molecule has 1 aliphatic rings. The van der Waals surface area contributed by atoms with E-state index in [1.807, 2.05) is 64.4 Å². The van der Waals surface area contributed by atoms with Crippen LogP contribution in [-0.2, 0) is 6.42 Å². The number of nitrogens with zero attached hydrogens (tertiary/aromatic N) is 6. The average molecular weight is 447 g/mol. The fourth-order valence-corrected chi connectivity index (χ4v) is 4.92. The highest BCUT2D eigenvalue weighted by Crippen LogP contribution is 2.30. The van der Waals surface area contributed by atoms with Crippen molar-refractivity contribution in [3.05, 3.63) is 64.2 Å². The molecule has 0 radical (unpaired) electrons. The van der Waals surface area contributed by atoms with Gasteiger partial charge in [-0.25, -0.2) is 14.6 Å². The Bertz CT molecular complexity index is 1230. The van der Waals surface area contributed by atoms with Gasteiger partial charge >= 0.3 is 0 Å². The Balaban J connectivity index is 1.51. The van der Waals surface area contributed by atoms with Crippen LogP contribution in [0.15, 0.2) is 47.8 Å². The molecule has 0 atom stereocenters. The van der Waals surface area contributed by atoms with Crippen molar-refractivity contribution in [2.45, 2.75) is 26.7 Å². The second kappa shape index (κ2) is 8.70. The third-order valence-electron chi connectivity index (χ3n) is 5.86. The lowest BCUT2D eigenvalue weighted by Crippen LogP contribution is -2.35. The quantitative estimate of drug-likeness (QED) is 0.472. The molecule has 1 aromatic carbocycles. The molecular weight excluding hydrogens is 420 g/mol. The van der Waals surface area contributed by atoms with Crippen LogP contribution < -0.4 is 4.90 Å². The third-order valence-corrected chi connectivity index (χ3v) is 6.72. The van der Waals surface area contributed by atoms with E-state index in [2.05, 4.69) is 11.8 Å². The van der Waals surface area contributed by atoms with Gasteiger partial charge in [0.25, 0.3) is 5.91 Å². The number of carbonyl (C=O) groups is 1. The first-order valence-corrected chi connectivity index (χ1v) is 11.9. The number of benzene rings is 1. The van der Waals surface area contributed by atoms with E-state index in [-0.39, 0.29) is 5.91 Å². The van der Waals surface area contributed by atoms with Crippen molar-refractivity contribution in [2.24, 2.45) is 0 Å². The molecule has 0 bridgehead atoms. The summed E-state index contributed by atoms with van der Waals surface area (Å²) < 4.78 is 1.92. The summed E-state index contributed by atoms with van der Waals surface area (Å²) in [6.07, 6.45) is 1.65. The average Bonchev–Trinajstić information content (AvgIpc) is 3.40. The van der Waals surface area contributed by atoms with Crippen molar-refractivity contribution in [1.29, 1.82) is 0 Å². The summed E-state index contributed by atoms with van der Waals surface area (Å²) in [5.41, 5.74) is 2.74. The number of rotatable bonds is 4. The Morgan fingerprint density at radius 1 is 1.03 bits per heavy atom. The Hall–Kier alpha value is -3.26. The summed E-state index contributed by atoms with van der Waals surface area (Å²) in [7, 11) is 0. The molecule has 1 amide bonds. The van der Waals surface area contributed by atoms with Crippen LogP contribution in [0.4, 0.5) is 5.82 Å². The van der Waals surface area contributed by atoms with Crippen LogP contribution in [0.3, 0.4) is 0 Å². The second-order valence-electron chi connectivity index (χ2n) is 7.96. The van der Waals surface area contributed by atoms with Gasteiger partial charge in [-0.2, -0.15) is 5.10 Å². The van der Waals surface area contributed by atoms with Crippen molar-refractivity contribution in [3.63, 3.8) is 0 Å². The first-order valence-electron chi connectivity index (χ1n) is 11.0. The number of carbonyl (C=O) groups excluding carboxylic acids is 1. The summed E-state index contributed by atoms with van der Waals surface area (Å²) in [4.78, 5) is 27.7. The molecule has 32 heavy (non-hydrogen) atoms. The fraction of sp³-hybridized carbons (Fsp3) is 0.333. The number of hydrogen-bond acceptors (Lipinski definition) is 6. The van der Waals surface area contributed by atoms with Crippen molar-refractivity contribution < 1.29 is 4.79 Å². The summed E-state index contributed by atoms with van der Waals surface area (Å²) in [6, 6.07) is 13.9. The van der Waals surface area contributed by atoms with Crippen molar-refractivity contribution in [2.75, 3.05) is 31.1 Å². The van der Waals surface area contributed by atoms with E-state index in [1.54, 1.807) is 0 Å². The molecule has 1 aliphatic heterocycles. The van der Waals surface area contributed by atoms with Crippen LogP contribution in [0.5, 0.6) is 0 Å². The number of para-hydroxylation sites is 1. The Kier molecular flexibility index (Phi) is 5.61. The zero-order valence-corrected chi connectivity index (χ0v) is 19.2. The number of aryl methyl sites for hydroxylation is 2. The zero-order chi connectivity index (χ0) is 22.1. The molecule has 8 heteroatoms. The van der Waals surface area contributed by atoms with Crippen LogP contribution >= 0.6 is 11.3 Å². The highest BCUT2D eigenvalue weighted by Gasteiger charge is 2.25. The monoisotopic (exact) mass is 446 g/mol. The van der Waals surface area contributed by atoms with Crippen molar-refractivity contribution >= 4 is 34.1 Å². The number of hydrogen-bond donors (Lipinski definition) is 0. The minimum absolute atomic E-state index is 0.122. The maximum atomic E-state index is 12.9. The molecule has 0 unspecified atom stereocenters. The second-order valence-corrected chi connectivity index (χ2v) is 8.91. The van der Waals surface area contributed by atoms with Gasteiger partial charge in [-0.1, -0.05) is 31.2 Å². The van der Waals surface area contributed by atoms with E-state index in [0.29, 0.717) is 6.54 Å². The number of anilines is 1. The highest BCUT2D eigenvalue weighted by atomic mass is 32.1. The van der Waals surface area contributed by atoms with Gasteiger partial charge in [0.1, 0.15) is 11.6 Å². The van der Waals surface area contributed by atoms with Crippen LogP contribution in [0.1, 0.15) is 34.5 Å². The summed E-state index contributed by atoms with van der Waals surface area (Å²) in [6.45, 7) is 7.11. The molecule has 4 heterocycles. The SMILES string of the molecule is CCc1nc(N2CCCN(C(=O)c3cccs3)CC2)c2c(C)nn(-c3ccccc3)c2n1. The van der Waals surface area contributed by atoms with E-state index >= 15 is 0 Å². The Morgan fingerprint density at radius 2 is 1.88 bits per heavy atom. The largest absolute Gasteiger partial charge is 0.354 e. The maximum Gasteiger partial charge on any atom is 0.263 e. The van der Waals surface area contributed by atoms with Crippen LogP contribution in [0.2, 0.25) is 0 Å². The van der Waals surface area contributed by atoms with Gasteiger partial charge in [-0.05, 0) is 36.9 Å². The standard InChI is InChI=1S/C24H26N6OS/c1-3-20-25-22(21-17(2)27-30(23(21)26-20)18-9-5-4-6-10-18)28-12-8-13-29(15-14-28)24(31)19-11-7-16-32-19/h4-7,9-11,16H,3,8,12-15H2,1-2H3. The van der Waals surface area contributed by atoms with Crippen LogP contribution in [-0.4, -0.2) is 56.7 Å². The molecule has 4 aromatic rings. The number of aromatic nitrogens is 4. The highest BCUT2D eigenvalue weighted by molar-refractivity contribution is 7.12. The zero-order valence-electron chi connectivity index (χ0n) is 18.4. The topological polar surface area (TPSA) is 67.2 Å². The van der Waals surface area contributed by atoms with Crippen molar-refractivity contribution in [3.8, 4) is 5.69 Å². The molecular formula is C24H26N6OS. The van der Waals surface area contributed by atoms with Gasteiger partial charge in [0.15, 0.2) is 5.65 Å². The number of amides is 1. The Labute approximate surface area is 191 Å². The van der Waals surface area contributed by atoms with E-state index < -0.39 is 0 Å². The van der Waals surface area contributed by atoms with Gasteiger partial charge in [-0.15, -0.1) is 11.3 Å². The van der Waals surface area contributed by atoms with Crippen LogP contribution in [0, 0.1) is 6.92 Å². The van der Waals surface area contributed by atoms with Crippen molar-refractivity contribution in [1.82, 2.24) is 24.6 Å². The van der Waals surface area contributed by atoms with Gasteiger partial charge in [0.05, 0.1) is 21.6 Å². The van der Waals surface area contributed by atoms with Gasteiger partial charge < -0.3 is 9.80 Å².